The van der Waals surface area contributed by atoms with Crippen molar-refractivity contribution >= 4 is 41.1 Å². The first-order chi connectivity index (χ1) is 15.1. The molecule has 11 heteroatoms. The normalized spacial score (nSPS) is 29.1. The molecule has 1 unspecified atom stereocenters. The second-order valence-electron chi connectivity index (χ2n) is 8.85. The fourth-order valence-corrected chi connectivity index (χ4v) is 6.20. The number of hydrogen-bond donors (Lipinski definition) is 5. The molecule has 32 heavy (non-hydrogen) atoms. The van der Waals surface area contributed by atoms with E-state index in [0.717, 1.165) is 13.0 Å². The number of thioether (sulfide) groups is 1. The lowest BCUT2D eigenvalue weighted by Gasteiger charge is -2.44. The van der Waals surface area contributed by atoms with Crippen molar-refractivity contribution < 1.29 is 24.3 Å². The summed E-state index contributed by atoms with van der Waals surface area (Å²) in [4.78, 5) is 51.7. The number of carbonyl (C=O) groups excluding carboxylic acids is 3. The molecule has 3 saturated heterocycles. The van der Waals surface area contributed by atoms with Crippen molar-refractivity contribution in [3.05, 3.63) is 29.8 Å². The Morgan fingerprint density at radius 1 is 1.34 bits per heavy atom. The Morgan fingerprint density at radius 3 is 2.72 bits per heavy atom. The Morgan fingerprint density at radius 2 is 2.09 bits per heavy atom. The SMILES string of the molecule is CC1(C)S[C@@H]2[C@H](NC(=O)C(NC(=O)[C@@H]3CCCN3)c3cccc(N)c3)C(=O)N2[C@H]1C(=O)O. The van der Waals surface area contributed by atoms with Crippen LogP contribution in [-0.4, -0.2) is 68.5 Å². The molecule has 1 aromatic carbocycles. The number of nitrogens with two attached hydrogens (primary N) is 1. The maximum atomic E-state index is 13.2. The van der Waals surface area contributed by atoms with E-state index < -0.39 is 46.0 Å². The van der Waals surface area contributed by atoms with Gasteiger partial charge in [0.2, 0.25) is 17.7 Å². The number of fused-ring (bicyclic) bond motifs is 1. The molecule has 3 fully saturated rings. The summed E-state index contributed by atoms with van der Waals surface area (Å²) in [5.74, 6) is -2.35. The summed E-state index contributed by atoms with van der Waals surface area (Å²) in [6.45, 7) is 4.27. The molecular weight excluding hydrogens is 434 g/mol. The number of carboxylic acid groups (broad SMARTS) is 1. The zero-order valence-electron chi connectivity index (χ0n) is 17.8. The van der Waals surface area contributed by atoms with Crippen LogP contribution in [0.4, 0.5) is 5.69 Å². The molecule has 3 amide bonds. The number of nitrogen functional groups attached to an aromatic ring is 1. The number of hydrogen-bond acceptors (Lipinski definition) is 7. The van der Waals surface area contributed by atoms with Crippen molar-refractivity contribution in [3.63, 3.8) is 0 Å². The third kappa shape index (κ3) is 3.90. The fourth-order valence-electron chi connectivity index (χ4n) is 4.57. The number of aliphatic carboxylic acids is 1. The average molecular weight is 462 g/mol. The zero-order valence-corrected chi connectivity index (χ0v) is 18.6. The van der Waals surface area contributed by atoms with Gasteiger partial charge in [-0.2, -0.15) is 0 Å². The number of rotatable bonds is 6. The Balaban J connectivity index is 1.52. The second kappa shape index (κ2) is 8.28. The lowest BCUT2D eigenvalue weighted by Crippen LogP contribution is -2.71. The van der Waals surface area contributed by atoms with Gasteiger partial charge in [-0.05, 0) is 50.9 Å². The predicted octanol–water partition coefficient (Wildman–Crippen LogP) is -0.190. The molecule has 5 atom stereocenters. The molecular formula is C21H27N5O5S. The number of benzene rings is 1. The summed E-state index contributed by atoms with van der Waals surface area (Å²) >= 11 is 1.34. The van der Waals surface area contributed by atoms with Crippen LogP contribution in [0, 0.1) is 0 Å². The second-order valence-corrected chi connectivity index (χ2v) is 10.6. The molecule has 0 saturated carbocycles. The van der Waals surface area contributed by atoms with Crippen LogP contribution in [0.15, 0.2) is 24.3 Å². The molecule has 172 valence electrons. The zero-order chi connectivity index (χ0) is 23.2. The van der Waals surface area contributed by atoms with Gasteiger partial charge < -0.3 is 31.7 Å². The molecule has 3 aliphatic heterocycles. The van der Waals surface area contributed by atoms with Gasteiger partial charge in [0.25, 0.3) is 0 Å². The van der Waals surface area contributed by atoms with Crippen molar-refractivity contribution in [1.29, 1.82) is 0 Å². The first-order valence-electron chi connectivity index (χ1n) is 10.5. The van der Waals surface area contributed by atoms with E-state index in [1.807, 2.05) is 0 Å². The summed E-state index contributed by atoms with van der Waals surface area (Å²) in [6, 6.07) is 3.42. The van der Waals surface area contributed by atoms with Gasteiger partial charge in [-0.25, -0.2) is 4.79 Å². The van der Waals surface area contributed by atoms with E-state index in [2.05, 4.69) is 16.0 Å². The van der Waals surface area contributed by atoms with E-state index in [9.17, 15) is 24.3 Å². The molecule has 4 rings (SSSR count). The van der Waals surface area contributed by atoms with Gasteiger partial charge in [0, 0.05) is 10.4 Å². The van der Waals surface area contributed by atoms with Crippen molar-refractivity contribution in [1.82, 2.24) is 20.9 Å². The van der Waals surface area contributed by atoms with Gasteiger partial charge in [0.05, 0.1) is 6.04 Å². The van der Waals surface area contributed by atoms with Crippen LogP contribution in [0.5, 0.6) is 0 Å². The van der Waals surface area contributed by atoms with Crippen LogP contribution < -0.4 is 21.7 Å². The third-order valence-electron chi connectivity index (χ3n) is 6.14. The third-order valence-corrected chi connectivity index (χ3v) is 7.71. The van der Waals surface area contributed by atoms with Crippen LogP contribution in [0.25, 0.3) is 0 Å². The van der Waals surface area contributed by atoms with Crippen molar-refractivity contribution in [2.75, 3.05) is 12.3 Å². The lowest BCUT2D eigenvalue weighted by molar-refractivity contribution is -0.161. The number of nitrogens with one attached hydrogen (secondary N) is 3. The highest BCUT2D eigenvalue weighted by Gasteiger charge is 2.64. The van der Waals surface area contributed by atoms with Crippen LogP contribution >= 0.6 is 11.8 Å². The maximum Gasteiger partial charge on any atom is 0.327 e. The Kier molecular flexibility index (Phi) is 5.80. The largest absolute Gasteiger partial charge is 0.480 e. The van der Waals surface area contributed by atoms with Crippen LogP contribution in [0.1, 0.15) is 38.3 Å². The molecule has 0 radical (unpaired) electrons. The number of nitrogens with zero attached hydrogens (tertiary/aromatic N) is 1. The highest BCUT2D eigenvalue weighted by atomic mass is 32.2. The molecule has 1 aromatic rings. The number of anilines is 1. The lowest BCUT2D eigenvalue weighted by atomic mass is 9.95. The number of amides is 3. The van der Waals surface area contributed by atoms with Crippen LogP contribution in [0.2, 0.25) is 0 Å². The molecule has 3 aliphatic rings. The number of β-lactam (4-membered cyclic amide) rings is 1. The Bertz CT molecular complexity index is 964. The van der Waals surface area contributed by atoms with Gasteiger partial charge in [0.1, 0.15) is 23.5 Å². The molecule has 0 aliphatic carbocycles. The van der Waals surface area contributed by atoms with Crippen LogP contribution in [-0.2, 0) is 19.2 Å². The molecule has 10 nitrogen and oxygen atoms in total. The molecule has 0 spiro atoms. The van der Waals surface area contributed by atoms with E-state index >= 15 is 0 Å². The summed E-state index contributed by atoms with van der Waals surface area (Å²) in [7, 11) is 0. The summed E-state index contributed by atoms with van der Waals surface area (Å²) < 4.78 is -0.693. The predicted molar refractivity (Wildman–Crippen MR) is 118 cm³/mol. The number of carbonyl (C=O) groups is 4. The van der Waals surface area contributed by atoms with E-state index in [0.29, 0.717) is 17.7 Å². The van der Waals surface area contributed by atoms with Gasteiger partial charge in [-0.15, -0.1) is 11.8 Å². The molecule has 0 aromatic heterocycles. The minimum absolute atomic E-state index is 0.297. The van der Waals surface area contributed by atoms with Crippen molar-refractivity contribution in [2.45, 2.75) is 61.0 Å². The molecule has 3 heterocycles. The van der Waals surface area contributed by atoms with Crippen molar-refractivity contribution in [3.8, 4) is 0 Å². The fraction of sp³-hybridized carbons (Fsp3) is 0.524. The minimum Gasteiger partial charge on any atom is -0.480 e. The summed E-state index contributed by atoms with van der Waals surface area (Å²) in [5, 5.41) is 17.7. The van der Waals surface area contributed by atoms with Gasteiger partial charge in [-0.3, -0.25) is 14.4 Å². The molecule has 0 bridgehead atoms. The van der Waals surface area contributed by atoms with Gasteiger partial charge in [0.15, 0.2) is 0 Å². The highest BCUT2D eigenvalue weighted by molar-refractivity contribution is 8.01. The van der Waals surface area contributed by atoms with E-state index in [1.165, 1.54) is 16.7 Å². The van der Waals surface area contributed by atoms with Gasteiger partial charge >= 0.3 is 5.97 Å². The van der Waals surface area contributed by atoms with Crippen molar-refractivity contribution in [2.24, 2.45) is 0 Å². The van der Waals surface area contributed by atoms with E-state index in [-0.39, 0.29) is 11.9 Å². The van der Waals surface area contributed by atoms with E-state index in [1.54, 1.807) is 38.1 Å². The monoisotopic (exact) mass is 461 g/mol. The standard InChI is InChI=1S/C21H27N5O5S/c1-21(2)15(20(30)31)26-18(29)14(19(26)32-21)25-17(28)13(10-5-3-6-11(22)9-10)24-16(27)12-7-4-8-23-12/h3,5-6,9,12-15,19,23H,4,7-8,22H2,1-2H3,(H,24,27)(H,25,28)(H,30,31)/t12-,13?,14+,15-,19+/m0/s1. The number of carboxylic acids is 1. The first-order valence-corrected chi connectivity index (χ1v) is 11.4. The van der Waals surface area contributed by atoms with E-state index in [4.69, 9.17) is 5.73 Å². The van der Waals surface area contributed by atoms with Crippen LogP contribution in [0.3, 0.4) is 0 Å². The highest BCUT2D eigenvalue weighted by Crippen LogP contribution is 2.50. The molecule has 6 N–H and O–H groups in total. The minimum atomic E-state index is -1.07. The smallest absolute Gasteiger partial charge is 0.327 e. The quantitative estimate of drug-likeness (QED) is 0.289. The van der Waals surface area contributed by atoms with Gasteiger partial charge in [-0.1, -0.05) is 12.1 Å². The summed E-state index contributed by atoms with van der Waals surface area (Å²) in [5.41, 5.74) is 6.82. The Hall–Kier alpha value is -2.79. The topological polar surface area (TPSA) is 154 Å². The summed E-state index contributed by atoms with van der Waals surface area (Å²) in [6.07, 6.45) is 1.55. The average Bonchev–Trinajstić information content (AvgIpc) is 3.34. The Labute approximate surface area is 189 Å². The maximum absolute atomic E-state index is 13.2. The first kappa shape index (κ1) is 22.4.